The molecule has 7 heteroatoms. The number of hydrogen-bond donors (Lipinski definition) is 2. The third-order valence-corrected chi connectivity index (χ3v) is 5.42. The number of nitrogens with zero attached hydrogens (tertiary/aromatic N) is 2. The van der Waals surface area contributed by atoms with Crippen molar-refractivity contribution in [3.63, 3.8) is 0 Å². The number of anilines is 2. The molecule has 3 amide bonds. The molecule has 0 radical (unpaired) electrons. The van der Waals surface area contributed by atoms with Crippen LogP contribution in [0.1, 0.15) is 47.4 Å². The summed E-state index contributed by atoms with van der Waals surface area (Å²) in [5.41, 5.74) is 2.57. The molecule has 3 rings (SSSR count). The Labute approximate surface area is 183 Å². The molecule has 0 aliphatic carbocycles. The number of amides is 3. The van der Waals surface area contributed by atoms with Crippen molar-refractivity contribution < 1.29 is 14.4 Å². The van der Waals surface area contributed by atoms with Crippen LogP contribution >= 0.6 is 0 Å². The van der Waals surface area contributed by atoms with E-state index in [9.17, 15) is 14.4 Å². The van der Waals surface area contributed by atoms with Crippen molar-refractivity contribution in [2.45, 2.75) is 26.7 Å². The number of rotatable bonds is 8. The standard InChI is InChI=1S/C24H30N4O3/c1-3-27(4-2)23(30)18-10-12-20(13-11-18)26-22(29)17-25-21-9-7-8-19(16-21)24(31)28-14-5-6-15-28/h7-13,16,25H,3-6,14-15,17H2,1-2H3,(H,26,29). The largest absolute Gasteiger partial charge is 0.376 e. The van der Waals surface area contributed by atoms with E-state index >= 15 is 0 Å². The molecule has 0 spiro atoms. The summed E-state index contributed by atoms with van der Waals surface area (Å²) in [5.74, 6) is -0.197. The molecule has 0 atom stereocenters. The quantitative estimate of drug-likeness (QED) is 0.683. The fourth-order valence-electron chi connectivity index (χ4n) is 3.64. The first-order valence-electron chi connectivity index (χ1n) is 10.8. The van der Waals surface area contributed by atoms with Crippen molar-refractivity contribution >= 4 is 29.1 Å². The number of carbonyl (C=O) groups excluding carboxylic acids is 3. The van der Waals surface area contributed by atoms with E-state index in [1.54, 1.807) is 41.3 Å². The van der Waals surface area contributed by atoms with E-state index in [4.69, 9.17) is 0 Å². The molecule has 2 aromatic rings. The summed E-state index contributed by atoms with van der Waals surface area (Å²) in [6.07, 6.45) is 2.10. The van der Waals surface area contributed by atoms with Gasteiger partial charge in [-0.3, -0.25) is 14.4 Å². The summed E-state index contributed by atoms with van der Waals surface area (Å²) in [4.78, 5) is 40.8. The minimum Gasteiger partial charge on any atom is -0.376 e. The van der Waals surface area contributed by atoms with Gasteiger partial charge in [0.25, 0.3) is 11.8 Å². The van der Waals surface area contributed by atoms with Gasteiger partial charge in [0.1, 0.15) is 0 Å². The lowest BCUT2D eigenvalue weighted by Crippen LogP contribution is -2.30. The Kier molecular flexibility index (Phi) is 7.65. The third kappa shape index (κ3) is 5.84. The lowest BCUT2D eigenvalue weighted by atomic mass is 10.1. The normalized spacial score (nSPS) is 13.0. The number of benzene rings is 2. The molecule has 31 heavy (non-hydrogen) atoms. The Morgan fingerprint density at radius 1 is 0.903 bits per heavy atom. The second-order valence-electron chi connectivity index (χ2n) is 7.54. The van der Waals surface area contributed by atoms with Crippen molar-refractivity contribution in [1.82, 2.24) is 9.80 Å². The summed E-state index contributed by atoms with van der Waals surface area (Å²) in [6, 6.07) is 14.1. The van der Waals surface area contributed by atoms with Crippen molar-refractivity contribution in [2.75, 3.05) is 43.4 Å². The summed E-state index contributed by atoms with van der Waals surface area (Å²) < 4.78 is 0. The zero-order chi connectivity index (χ0) is 22.2. The third-order valence-electron chi connectivity index (χ3n) is 5.42. The first-order chi connectivity index (χ1) is 15.0. The Bertz CT molecular complexity index is 917. The average molecular weight is 423 g/mol. The van der Waals surface area contributed by atoms with Gasteiger partial charge >= 0.3 is 0 Å². The van der Waals surface area contributed by atoms with Crippen LogP contribution in [0.25, 0.3) is 0 Å². The van der Waals surface area contributed by atoms with Crippen molar-refractivity contribution in [1.29, 1.82) is 0 Å². The maximum absolute atomic E-state index is 12.5. The molecule has 164 valence electrons. The van der Waals surface area contributed by atoms with E-state index in [0.29, 0.717) is 29.9 Å². The van der Waals surface area contributed by atoms with Gasteiger partial charge in [0.15, 0.2) is 0 Å². The van der Waals surface area contributed by atoms with Crippen LogP contribution in [0.5, 0.6) is 0 Å². The van der Waals surface area contributed by atoms with Crippen LogP contribution in [0.15, 0.2) is 48.5 Å². The molecule has 1 aliphatic rings. The molecule has 0 aromatic heterocycles. The Balaban J connectivity index is 1.53. The summed E-state index contributed by atoms with van der Waals surface area (Å²) in [6.45, 7) is 6.88. The molecule has 7 nitrogen and oxygen atoms in total. The highest BCUT2D eigenvalue weighted by Crippen LogP contribution is 2.17. The first kappa shape index (κ1) is 22.3. The number of likely N-dealkylation sites (tertiary alicyclic amines) is 1. The van der Waals surface area contributed by atoms with E-state index in [-0.39, 0.29) is 24.3 Å². The van der Waals surface area contributed by atoms with Crippen molar-refractivity contribution in [3.8, 4) is 0 Å². The maximum Gasteiger partial charge on any atom is 0.253 e. The van der Waals surface area contributed by atoms with E-state index in [1.807, 2.05) is 30.9 Å². The zero-order valence-corrected chi connectivity index (χ0v) is 18.2. The molecule has 1 heterocycles. The second-order valence-corrected chi connectivity index (χ2v) is 7.54. The topological polar surface area (TPSA) is 81.8 Å². The van der Waals surface area contributed by atoms with Gasteiger partial charge in [-0.05, 0) is 69.2 Å². The second kappa shape index (κ2) is 10.6. The average Bonchev–Trinajstić information content (AvgIpc) is 3.33. The molecule has 0 bridgehead atoms. The summed E-state index contributed by atoms with van der Waals surface area (Å²) >= 11 is 0. The van der Waals surface area contributed by atoms with Gasteiger partial charge in [-0.2, -0.15) is 0 Å². The number of nitrogens with one attached hydrogen (secondary N) is 2. The van der Waals surface area contributed by atoms with Crippen LogP contribution in [0.3, 0.4) is 0 Å². The van der Waals surface area contributed by atoms with Gasteiger partial charge in [-0.15, -0.1) is 0 Å². The smallest absolute Gasteiger partial charge is 0.253 e. The highest BCUT2D eigenvalue weighted by molar-refractivity contribution is 5.97. The van der Waals surface area contributed by atoms with Crippen LogP contribution in [-0.2, 0) is 4.79 Å². The highest BCUT2D eigenvalue weighted by atomic mass is 16.2. The molecule has 1 saturated heterocycles. The molecular formula is C24H30N4O3. The van der Waals surface area contributed by atoms with Gasteiger partial charge in [-0.1, -0.05) is 6.07 Å². The summed E-state index contributed by atoms with van der Waals surface area (Å²) in [7, 11) is 0. The van der Waals surface area contributed by atoms with E-state index in [2.05, 4.69) is 10.6 Å². The number of carbonyl (C=O) groups is 3. The zero-order valence-electron chi connectivity index (χ0n) is 18.2. The minimum absolute atomic E-state index is 0.0205. The van der Waals surface area contributed by atoms with E-state index in [1.165, 1.54) is 0 Å². The molecule has 1 aliphatic heterocycles. The Morgan fingerprint density at radius 3 is 2.23 bits per heavy atom. The minimum atomic E-state index is -0.209. The molecule has 0 saturated carbocycles. The Morgan fingerprint density at radius 2 is 1.58 bits per heavy atom. The van der Waals surface area contributed by atoms with Crippen LogP contribution in [-0.4, -0.2) is 60.2 Å². The number of hydrogen-bond acceptors (Lipinski definition) is 4. The fraction of sp³-hybridized carbons (Fsp3) is 0.375. The predicted octanol–water partition coefficient (Wildman–Crippen LogP) is 3.46. The van der Waals surface area contributed by atoms with Crippen molar-refractivity contribution in [2.24, 2.45) is 0 Å². The maximum atomic E-state index is 12.5. The van der Waals surface area contributed by atoms with Crippen LogP contribution in [0.4, 0.5) is 11.4 Å². The van der Waals surface area contributed by atoms with E-state index in [0.717, 1.165) is 31.6 Å². The first-order valence-corrected chi connectivity index (χ1v) is 10.8. The highest BCUT2D eigenvalue weighted by Gasteiger charge is 2.19. The van der Waals surface area contributed by atoms with Gasteiger partial charge in [0.05, 0.1) is 6.54 Å². The van der Waals surface area contributed by atoms with E-state index < -0.39 is 0 Å². The van der Waals surface area contributed by atoms with Gasteiger partial charge in [0, 0.05) is 48.7 Å². The lowest BCUT2D eigenvalue weighted by molar-refractivity contribution is -0.114. The molecular weight excluding hydrogens is 392 g/mol. The van der Waals surface area contributed by atoms with Gasteiger partial charge < -0.3 is 20.4 Å². The van der Waals surface area contributed by atoms with Crippen LogP contribution in [0, 0.1) is 0 Å². The molecule has 2 N–H and O–H groups in total. The lowest BCUT2D eigenvalue weighted by Gasteiger charge is -2.18. The SMILES string of the molecule is CCN(CC)C(=O)c1ccc(NC(=O)CNc2cccc(C(=O)N3CCCC3)c2)cc1. The van der Waals surface area contributed by atoms with Crippen LogP contribution < -0.4 is 10.6 Å². The van der Waals surface area contributed by atoms with Gasteiger partial charge in [-0.25, -0.2) is 0 Å². The molecule has 0 unspecified atom stereocenters. The van der Waals surface area contributed by atoms with Gasteiger partial charge in [0.2, 0.25) is 5.91 Å². The fourth-order valence-corrected chi connectivity index (χ4v) is 3.64. The van der Waals surface area contributed by atoms with Crippen LogP contribution in [0.2, 0.25) is 0 Å². The molecule has 2 aromatic carbocycles. The Hall–Kier alpha value is -3.35. The molecule has 1 fully saturated rings. The monoisotopic (exact) mass is 422 g/mol. The summed E-state index contributed by atoms with van der Waals surface area (Å²) in [5, 5.41) is 5.88. The van der Waals surface area contributed by atoms with Crippen molar-refractivity contribution in [3.05, 3.63) is 59.7 Å². The predicted molar refractivity (Wildman–Crippen MR) is 122 cm³/mol.